The summed E-state index contributed by atoms with van der Waals surface area (Å²) in [4.78, 5) is 2.46. The molecule has 0 radical (unpaired) electrons. The Labute approximate surface area is 115 Å². The minimum absolute atomic E-state index is 0. The van der Waals surface area contributed by atoms with E-state index in [0.717, 1.165) is 43.7 Å². The van der Waals surface area contributed by atoms with Crippen LogP contribution >= 0.6 is 12.4 Å². The molecule has 1 N–H and O–H groups in total. The van der Waals surface area contributed by atoms with Crippen molar-refractivity contribution in [2.24, 2.45) is 0 Å². The number of halogens is 2. The summed E-state index contributed by atoms with van der Waals surface area (Å²) in [7, 11) is 0. The predicted molar refractivity (Wildman–Crippen MR) is 75.9 cm³/mol. The molecule has 0 amide bonds. The van der Waals surface area contributed by atoms with Crippen LogP contribution in [0, 0.1) is 12.7 Å². The summed E-state index contributed by atoms with van der Waals surface area (Å²) in [6.07, 6.45) is 1.03. The molecule has 2 rings (SSSR count). The smallest absolute Gasteiger partial charge is 0.126 e. The monoisotopic (exact) mass is 272 g/mol. The van der Waals surface area contributed by atoms with Gasteiger partial charge in [-0.3, -0.25) is 4.90 Å². The van der Waals surface area contributed by atoms with Gasteiger partial charge in [-0.05, 0) is 30.5 Å². The van der Waals surface area contributed by atoms with Crippen molar-refractivity contribution in [1.82, 2.24) is 10.2 Å². The summed E-state index contributed by atoms with van der Waals surface area (Å²) in [5.41, 5.74) is 1.95. The molecule has 1 aromatic rings. The second-order valence-electron chi connectivity index (χ2n) is 4.66. The molecule has 102 valence electrons. The molecule has 0 bridgehead atoms. The van der Waals surface area contributed by atoms with Gasteiger partial charge in [-0.15, -0.1) is 12.4 Å². The van der Waals surface area contributed by atoms with E-state index < -0.39 is 0 Å². The van der Waals surface area contributed by atoms with Gasteiger partial charge in [-0.25, -0.2) is 4.39 Å². The molecule has 1 atom stereocenters. The van der Waals surface area contributed by atoms with Crippen LogP contribution in [0.15, 0.2) is 18.2 Å². The number of hydrogen-bond donors (Lipinski definition) is 1. The fraction of sp³-hybridized carbons (Fsp3) is 0.571. The maximum Gasteiger partial charge on any atom is 0.126 e. The van der Waals surface area contributed by atoms with Crippen molar-refractivity contribution in [3.05, 3.63) is 35.1 Å². The van der Waals surface area contributed by atoms with E-state index in [2.05, 4.69) is 23.2 Å². The van der Waals surface area contributed by atoms with Gasteiger partial charge in [-0.2, -0.15) is 0 Å². The van der Waals surface area contributed by atoms with E-state index in [1.54, 1.807) is 6.07 Å². The van der Waals surface area contributed by atoms with Gasteiger partial charge in [0.05, 0.1) is 0 Å². The predicted octanol–water partition coefficient (Wildman–Crippen LogP) is 2.91. The van der Waals surface area contributed by atoms with Crippen molar-refractivity contribution in [3.63, 3.8) is 0 Å². The van der Waals surface area contributed by atoms with E-state index >= 15 is 0 Å². The highest BCUT2D eigenvalue weighted by molar-refractivity contribution is 5.85. The van der Waals surface area contributed by atoms with E-state index in [0.29, 0.717) is 6.04 Å². The molecule has 1 aliphatic heterocycles. The molecule has 4 heteroatoms. The lowest BCUT2D eigenvalue weighted by Gasteiger charge is -2.35. The molecule has 0 saturated carbocycles. The Kier molecular flexibility index (Phi) is 6.06. The molecule has 18 heavy (non-hydrogen) atoms. The van der Waals surface area contributed by atoms with Crippen molar-refractivity contribution >= 4 is 12.4 Å². The molecule has 0 aromatic heterocycles. The number of benzene rings is 1. The van der Waals surface area contributed by atoms with Crippen molar-refractivity contribution < 1.29 is 4.39 Å². The van der Waals surface area contributed by atoms with Crippen LogP contribution in [-0.2, 0) is 0 Å². The van der Waals surface area contributed by atoms with Crippen LogP contribution in [-0.4, -0.2) is 31.1 Å². The quantitative estimate of drug-likeness (QED) is 0.910. The molecule has 0 aliphatic carbocycles. The first-order valence-corrected chi connectivity index (χ1v) is 6.43. The van der Waals surface area contributed by atoms with E-state index in [9.17, 15) is 4.39 Å². The molecule has 2 nitrogen and oxygen atoms in total. The summed E-state index contributed by atoms with van der Waals surface area (Å²) in [6.45, 7) is 8.23. The highest BCUT2D eigenvalue weighted by Crippen LogP contribution is 2.28. The Balaban J connectivity index is 0.00000162. The second-order valence-corrected chi connectivity index (χ2v) is 4.66. The number of rotatable bonds is 3. The lowest BCUT2D eigenvalue weighted by molar-refractivity contribution is 0.168. The average molecular weight is 273 g/mol. The van der Waals surface area contributed by atoms with E-state index in [1.807, 2.05) is 13.0 Å². The van der Waals surface area contributed by atoms with Crippen LogP contribution in [0.3, 0.4) is 0 Å². The summed E-state index contributed by atoms with van der Waals surface area (Å²) < 4.78 is 13.6. The normalized spacial score (nSPS) is 18.2. The number of piperazine rings is 1. The first kappa shape index (κ1) is 15.4. The lowest BCUT2D eigenvalue weighted by Crippen LogP contribution is -2.45. The molecular formula is C14H22ClFN2. The summed E-state index contributed by atoms with van der Waals surface area (Å²) in [5, 5.41) is 3.36. The minimum atomic E-state index is -0.0870. The summed E-state index contributed by atoms with van der Waals surface area (Å²) in [5.74, 6) is -0.0870. The Hall–Kier alpha value is -0.640. The number of nitrogens with one attached hydrogen (secondary N) is 1. The first-order chi connectivity index (χ1) is 8.24. The third-order valence-corrected chi connectivity index (χ3v) is 3.65. The molecule has 1 aromatic carbocycles. The lowest BCUT2D eigenvalue weighted by atomic mass is 9.97. The summed E-state index contributed by atoms with van der Waals surface area (Å²) in [6, 6.07) is 5.79. The van der Waals surface area contributed by atoms with Gasteiger partial charge in [0, 0.05) is 32.2 Å². The van der Waals surface area contributed by atoms with Crippen LogP contribution < -0.4 is 5.32 Å². The van der Waals surface area contributed by atoms with E-state index in [1.165, 1.54) is 0 Å². The van der Waals surface area contributed by atoms with E-state index in [-0.39, 0.29) is 18.2 Å². The second kappa shape index (κ2) is 7.07. The largest absolute Gasteiger partial charge is 0.314 e. The van der Waals surface area contributed by atoms with Gasteiger partial charge in [0.15, 0.2) is 0 Å². The fourth-order valence-corrected chi connectivity index (χ4v) is 2.65. The Morgan fingerprint density at radius 3 is 2.61 bits per heavy atom. The molecule has 1 fully saturated rings. The topological polar surface area (TPSA) is 15.3 Å². The molecular weight excluding hydrogens is 251 g/mol. The highest BCUT2D eigenvalue weighted by Gasteiger charge is 2.22. The maximum absolute atomic E-state index is 13.6. The van der Waals surface area contributed by atoms with Crippen LogP contribution in [0.2, 0.25) is 0 Å². The van der Waals surface area contributed by atoms with Crippen LogP contribution in [0.5, 0.6) is 0 Å². The number of hydrogen-bond acceptors (Lipinski definition) is 2. The molecule has 0 unspecified atom stereocenters. The zero-order chi connectivity index (χ0) is 12.3. The van der Waals surface area contributed by atoms with Crippen LogP contribution in [0.25, 0.3) is 0 Å². The van der Waals surface area contributed by atoms with Crippen molar-refractivity contribution in [2.75, 3.05) is 26.2 Å². The van der Waals surface area contributed by atoms with Gasteiger partial charge in [0.1, 0.15) is 5.82 Å². The van der Waals surface area contributed by atoms with Crippen molar-refractivity contribution in [2.45, 2.75) is 26.3 Å². The Morgan fingerprint density at radius 2 is 2.00 bits per heavy atom. The highest BCUT2D eigenvalue weighted by atomic mass is 35.5. The van der Waals surface area contributed by atoms with Crippen LogP contribution in [0.4, 0.5) is 4.39 Å². The maximum atomic E-state index is 13.6. The molecule has 1 saturated heterocycles. The van der Waals surface area contributed by atoms with Gasteiger partial charge in [-0.1, -0.05) is 19.1 Å². The van der Waals surface area contributed by atoms with Gasteiger partial charge in [0.2, 0.25) is 0 Å². The average Bonchev–Trinajstić information content (AvgIpc) is 2.37. The van der Waals surface area contributed by atoms with Gasteiger partial charge < -0.3 is 5.32 Å². The SMILES string of the molecule is CC[C@H](c1cccc(F)c1C)N1CCNCC1.Cl. The van der Waals surface area contributed by atoms with E-state index in [4.69, 9.17) is 0 Å². The molecule has 0 spiro atoms. The zero-order valence-electron chi connectivity index (χ0n) is 11.1. The van der Waals surface area contributed by atoms with Crippen molar-refractivity contribution in [3.8, 4) is 0 Å². The molecule has 1 heterocycles. The van der Waals surface area contributed by atoms with Gasteiger partial charge in [0.25, 0.3) is 0 Å². The fourth-order valence-electron chi connectivity index (χ4n) is 2.65. The van der Waals surface area contributed by atoms with Gasteiger partial charge >= 0.3 is 0 Å². The third-order valence-electron chi connectivity index (χ3n) is 3.65. The minimum Gasteiger partial charge on any atom is -0.314 e. The first-order valence-electron chi connectivity index (χ1n) is 6.43. The van der Waals surface area contributed by atoms with Crippen molar-refractivity contribution in [1.29, 1.82) is 0 Å². The Bertz CT molecular complexity index is 378. The van der Waals surface area contributed by atoms with Crippen LogP contribution in [0.1, 0.15) is 30.5 Å². The standard InChI is InChI=1S/C14H21FN2.ClH/c1-3-14(17-9-7-16-8-10-17)12-5-4-6-13(15)11(12)2;/h4-6,14,16H,3,7-10H2,1-2H3;1H/t14-;/m1./s1. The third kappa shape index (κ3) is 3.22. The zero-order valence-corrected chi connectivity index (χ0v) is 11.9. The summed E-state index contributed by atoms with van der Waals surface area (Å²) >= 11 is 0. The Morgan fingerprint density at radius 1 is 1.33 bits per heavy atom. The molecule has 1 aliphatic rings. The number of nitrogens with zero attached hydrogens (tertiary/aromatic N) is 1.